The fraction of sp³-hybridized carbons (Fsp3) is 0.427. The second-order valence-corrected chi connectivity index (χ2v) is 33.7. The van der Waals surface area contributed by atoms with Crippen LogP contribution in [0, 0.1) is 0 Å². The fourth-order valence-electron chi connectivity index (χ4n) is 15.5. The van der Waals surface area contributed by atoms with E-state index >= 15 is 0 Å². The minimum Gasteiger partial charge on any atom is -1.00 e. The quantitative estimate of drug-likeness (QED) is 0.0118. The van der Waals surface area contributed by atoms with Gasteiger partial charge in [-0.3, -0.25) is 12.9 Å². The van der Waals surface area contributed by atoms with Crippen LogP contribution in [0.5, 0.6) is 34.5 Å². The summed E-state index contributed by atoms with van der Waals surface area (Å²) in [5.41, 5.74) is 11.7. The normalized spacial score (nSPS) is 19.8. The van der Waals surface area contributed by atoms with Crippen LogP contribution < -0.4 is 113 Å². The van der Waals surface area contributed by atoms with Crippen LogP contribution in [0.1, 0.15) is 247 Å². The van der Waals surface area contributed by atoms with E-state index in [9.17, 15) is 31.9 Å². The first-order valence-corrected chi connectivity index (χ1v) is 45.3. The van der Waals surface area contributed by atoms with Crippen molar-refractivity contribution in [1.82, 2.24) is 5.32 Å². The smallest absolute Gasteiger partial charge is 1.00 e. The Balaban J connectivity index is 0.00000149. The molecular weight excluding hydrogens is 1790 g/mol. The van der Waals surface area contributed by atoms with Gasteiger partial charge in [-0.05, 0) is 285 Å². The summed E-state index contributed by atoms with van der Waals surface area (Å²) in [5.74, 6) is 4.08. The zero-order valence-corrected chi connectivity index (χ0v) is 86.4. The zero-order valence-electron chi connectivity index (χ0n) is 80.0. The van der Waals surface area contributed by atoms with Crippen molar-refractivity contribution in [3.8, 4) is 34.5 Å². The van der Waals surface area contributed by atoms with E-state index in [-0.39, 0.29) is 172 Å². The van der Waals surface area contributed by atoms with Gasteiger partial charge in [0.15, 0.2) is 0 Å². The van der Waals surface area contributed by atoms with Gasteiger partial charge in [-0.1, -0.05) is 218 Å². The van der Waals surface area contributed by atoms with Crippen LogP contribution in [-0.2, 0) is 43.7 Å². The van der Waals surface area contributed by atoms with Gasteiger partial charge in [0.2, 0.25) is 0 Å². The van der Waals surface area contributed by atoms with E-state index in [4.69, 9.17) is 48.7 Å². The number of aliphatic hydroxyl groups excluding tert-OH is 2. The van der Waals surface area contributed by atoms with E-state index in [2.05, 4.69) is 144 Å². The topological polar surface area (TPSA) is 218 Å². The number of carbonyl (C=O) groups excluding carboxylic acids is 1. The SMILES string of the molecule is Brc1ccc(OCc2ccccc2)cc1.C1=C(c2ccc(OCc3ccccc3)cc2)CCCC1.CC1(C)OB(C2=CCCCC2)OC1(C)C.CCOOCC.Cl.FB(F)F.O=C[O-].O[C@@H]1CCCC[C@H]1c1ccc(OCc2ccccc2)cc1.Oc1ccc([C@@H]2CCCC[C@H]2F)cc1.Oc1ccc([C@@H]2CCCC[C@H]2O)cc1.Oc1ccc([C@@H]2CCNC[C@H]2F)cc1.[B].[H-].[H-].[Na+].[Na+].[Na+]. The number of carbonyl (C=O) groups is 1. The van der Waals surface area contributed by atoms with Crippen molar-refractivity contribution in [3.63, 3.8) is 0 Å². The first-order valence-electron chi connectivity index (χ1n) is 44.5. The van der Waals surface area contributed by atoms with Gasteiger partial charge in [0.05, 0.1) is 36.6 Å². The molecule has 2 aliphatic heterocycles. The van der Waals surface area contributed by atoms with Gasteiger partial charge in [0.1, 0.15) is 66.7 Å². The van der Waals surface area contributed by atoms with E-state index < -0.39 is 26.4 Å². The molecule has 5 fully saturated rings. The number of phenolic OH excluding ortho intramolecular Hbond substituents is 3. The van der Waals surface area contributed by atoms with Gasteiger partial charge in [-0.2, -0.15) is 0 Å². The summed E-state index contributed by atoms with van der Waals surface area (Å²) in [4.78, 5) is 17.2. The molecule has 3 radical (unpaired) electrons. The maximum Gasteiger partial charge on any atom is 1.00 e. The molecule has 6 N–H and O–H groups in total. The number of piperidine rings is 1. The maximum absolute atomic E-state index is 13.6. The van der Waals surface area contributed by atoms with Crippen molar-refractivity contribution in [3.05, 3.63) is 303 Å². The van der Waals surface area contributed by atoms with E-state index in [1.807, 2.05) is 129 Å². The predicted molar refractivity (Wildman–Crippen MR) is 512 cm³/mol. The number of alkyl halides is 2. The van der Waals surface area contributed by atoms with Crippen molar-refractivity contribution < 1.29 is 182 Å². The third kappa shape index (κ3) is 46.6. The maximum atomic E-state index is 13.6. The number of allylic oxidation sites excluding steroid dienone is 4. The number of hydrogen-bond donors (Lipinski definition) is 6. The summed E-state index contributed by atoms with van der Waals surface area (Å²) in [6.07, 6.45) is 26.0. The van der Waals surface area contributed by atoms with Crippen LogP contribution in [0.3, 0.4) is 0 Å². The Hall–Kier alpha value is -5.94. The summed E-state index contributed by atoms with van der Waals surface area (Å²) in [6.45, 7) is 16.1. The number of aromatic hydroxyl groups is 3. The molecule has 695 valence electrons. The predicted octanol–water partition coefficient (Wildman–Crippen LogP) is 15.8. The second kappa shape index (κ2) is 69.0. The van der Waals surface area contributed by atoms with Crippen LogP contribution >= 0.6 is 28.3 Å². The molecule has 131 heavy (non-hydrogen) atoms. The summed E-state index contributed by atoms with van der Waals surface area (Å²) >= 11 is 3.39. The van der Waals surface area contributed by atoms with Crippen molar-refractivity contribution >= 4 is 63.5 Å². The van der Waals surface area contributed by atoms with Gasteiger partial charge in [-0.15, -0.1) is 12.4 Å². The first-order chi connectivity index (χ1) is 60.9. The van der Waals surface area contributed by atoms with Crippen LogP contribution in [-0.4, -0.2) is 117 Å². The third-order valence-electron chi connectivity index (χ3n) is 23.1. The van der Waals surface area contributed by atoms with Crippen molar-refractivity contribution in [2.75, 3.05) is 26.3 Å². The van der Waals surface area contributed by atoms with Crippen LogP contribution in [0.4, 0.5) is 21.7 Å². The summed E-state index contributed by atoms with van der Waals surface area (Å²) in [7, 11) is -3.77. The molecule has 8 atom stereocenters. The Labute approximate surface area is 862 Å². The molecule has 7 aliphatic rings. The van der Waals surface area contributed by atoms with Crippen molar-refractivity contribution in [2.45, 2.75) is 256 Å². The van der Waals surface area contributed by atoms with E-state index in [1.165, 1.54) is 96.7 Å². The number of ether oxygens (including phenoxy) is 3. The molecule has 2 saturated heterocycles. The Morgan fingerprint density at radius 3 is 1.14 bits per heavy atom. The molecule has 2 heterocycles. The van der Waals surface area contributed by atoms with Crippen LogP contribution in [0.25, 0.3) is 5.57 Å². The van der Waals surface area contributed by atoms with Gasteiger partial charge >= 0.3 is 103 Å². The fourth-order valence-corrected chi connectivity index (χ4v) is 15.8. The standard InChI is InChI=1S/C19H22O2.C19H20O.C13H11BrO.C12H21BO2.C12H15FO.C12H16O2.C11H14FNO.C4H10O2.CH2O2.BF3.B.ClH.3Na.2H/c20-19-9-5-4-8-18(19)16-10-12-17(13-11-16)21-14-15-6-2-1-3-7-15;1-3-7-16(8-4-1)15-20-19-13-11-18(12-14-19)17-9-5-2-6-10-17;14-12-6-8-13(9-7-12)15-10-11-4-2-1-3-5-11;1-11(2)12(3,4)15-13(14-11)10-8-6-5-7-9-10;13-12-4-2-1-3-11(12)9-5-7-10(14)8-6-9;13-10-7-5-9(6-8-10)11-3-1-2-4-12(11)14;12-11-7-13-6-5-10(11)8-1-3-9(14)4-2-8;1-3-5-6-4-2;2-1-3;2-1(3)4;;;;;;;/h1-3,6-7,10-13,18-20H,4-5,8-9,14H2;1,3-4,7-9,11-14H,2,5-6,10,15H2;1-9H,10H2;8H,5-7,9H2,1-4H3;5-8,11-12,14H,1-4H2;5-8,11-14H,1-4H2;1-4,10-11,13-14H,5-7H2;3-4H2,1-2H3;1H,(H,2,3);;;1H;;;;;/q;;;;;;;;;;;;3*+1;2*-1/p-1/t18-,19+;;;;2*11-,12+;10-,11+;;;;;;;;;;/m0...000........../s1. The Morgan fingerprint density at radius 1 is 0.466 bits per heavy atom. The molecule has 9 aromatic carbocycles. The summed E-state index contributed by atoms with van der Waals surface area (Å²) in [6, 6.07) is 76.1. The molecule has 5 aliphatic carbocycles. The molecule has 0 amide bonds. The van der Waals surface area contributed by atoms with E-state index in [1.54, 1.807) is 48.5 Å². The average Bonchev–Trinajstić information content (AvgIpc) is 1.62. The zero-order chi connectivity index (χ0) is 90.7. The molecule has 0 unspecified atom stereocenters. The van der Waals surface area contributed by atoms with E-state index in [0.717, 1.165) is 116 Å². The Bertz CT molecular complexity index is 4310. The summed E-state index contributed by atoms with van der Waals surface area (Å²) in [5, 5.41) is 58.6. The average molecular weight is 1920 g/mol. The number of nitrogens with one attached hydrogen (secondary N) is 1. The van der Waals surface area contributed by atoms with Gasteiger partial charge < -0.3 is 67.1 Å². The molecule has 0 spiro atoms. The minimum atomic E-state index is -3.67. The van der Waals surface area contributed by atoms with Crippen LogP contribution in [0.2, 0.25) is 0 Å². The first kappa shape index (κ1) is 121. The number of phenols is 3. The molecule has 15 nitrogen and oxygen atoms in total. The largest absolute Gasteiger partial charge is 1.00 e. The molecule has 9 aromatic rings. The van der Waals surface area contributed by atoms with Gasteiger partial charge in [-0.25, -0.2) is 18.6 Å². The van der Waals surface area contributed by atoms with Gasteiger partial charge in [0.25, 0.3) is 0 Å². The number of rotatable bonds is 18. The number of carboxylic acid groups (broad SMARTS) is 1. The number of benzene rings is 9. The van der Waals surface area contributed by atoms with E-state index in [0.29, 0.717) is 57.7 Å². The molecular formula is C103H133B3BrClF5NNa3O14. The molecule has 3 saturated carbocycles. The molecule has 0 bridgehead atoms. The molecule has 16 rings (SSSR count). The number of hydrogen-bond acceptors (Lipinski definition) is 15. The Morgan fingerprint density at radius 2 is 0.794 bits per heavy atom. The monoisotopic (exact) mass is 1920 g/mol. The van der Waals surface area contributed by atoms with Crippen molar-refractivity contribution in [2.24, 2.45) is 0 Å². The number of halogens is 7. The summed E-state index contributed by atoms with van der Waals surface area (Å²) < 4.78 is 86.4. The second-order valence-electron chi connectivity index (χ2n) is 32.8. The minimum absolute atomic E-state index is 0. The van der Waals surface area contributed by atoms with Crippen molar-refractivity contribution in [1.29, 1.82) is 0 Å². The number of aliphatic hydroxyl groups is 2. The molecule has 28 heteroatoms. The Kier molecular flexibility index (Phi) is 63.8. The van der Waals surface area contributed by atoms with Gasteiger partial charge in [0, 0.05) is 49.6 Å². The van der Waals surface area contributed by atoms with Crippen LogP contribution in [0.15, 0.2) is 259 Å². The molecule has 0 aromatic heterocycles. The third-order valence-corrected chi connectivity index (χ3v) is 23.6.